The summed E-state index contributed by atoms with van der Waals surface area (Å²) in [5.41, 5.74) is 10.3. The van der Waals surface area contributed by atoms with Gasteiger partial charge in [0.05, 0.1) is 17.1 Å². The second kappa shape index (κ2) is 11.2. The van der Waals surface area contributed by atoms with Crippen LogP contribution < -0.4 is 11.6 Å². The Bertz CT molecular complexity index is 542. The Morgan fingerprint density at radius 3 is 2.46 bits per heavy atom. The number of hydrogen-bond acceptors (Lipinski definition) is 4. The molecule has 2 rings (SSSR count). The van der Waals surface area contributed by atoms with Crippen LogP contribution in [0.25, 0.3) is 5.70 Å². The van der Waals surface area contributed by atoms with Crippen molar-refractivity contribution in [3.05, 3.63) is 35.3 Å². The van der Waals surface area contributed by atoms with Crippen molar-refractivity contribution >= 4 is 5.70 Å². The number of allylic oxidation sites excluding steroid dienone is 1. The van der Waals surface area contributed by atoms with Crippen molar-refractivity contribution in [3.63, 3.8) is 0 Å². The monoisotopic (exact) mass is 358 g/mol. The number of pyridine rings is 1. The van der Waals surface area contributed by atoms with E-state index in [1.165, 1.54) is 63.4 Å². The number of rotatable bonds is 10. The lowest BCUT2D eigenvalue weighted by atomic mass is 9.85. The molecule has 4 heteroatoms. The minimum atomic E-state index is 0.717. The molecule has 1 fully saturated rings. The van der Waals surface area contributed by atoms with Gasteiger partial charge in [0.15, 0.2) is 0 Å². The molecule has 0 amide bonds. The van der Waals surface area contributed by atoms with E-state index in [1.54, 1.807) is 5.01 Å². The summed E-state index contributed by atoms with van der Waals surface area (Å²) in [5, 5.41) is 1.66. The molecule has 26 heavy (non-hydrogen) atoms. The lowest BCUT2D eigenvalue weighted by Gasteiger charge is -2.22. The van der Waals surface area contributed by atoms with Crippen molar-refractivity contribution in [1.82, 2.24) is 9.99 Å². The van der Waals surface area contributed by atoms with E-state index >= 15 is 0 Å². The number of hydrogen-bond donors (Lipinski definition) is 2. The van der Waals surface area contributed by atoms with Crippen LogP contribution in [0.15, 0.2) is 24.0 Å². The van der Waals surface area contributed by atoms with Gasteiger partial charge in [0, 0.05) is 13.2 Å². The first kappa shape index (κ1) is 20.8. The zero-order valence-electron chi connectivity index (χ0n) is 16.8. The van der Waals surface area contributed by atoms with Crippen molar-refractivity contribution in [2.75, 3.05) is 7.05 Å². The molecule has 0 unspecified atom stereocenters. The summed E-state index contributed by atoms with van der Waals surface area (Å²) in [4.78, 5) is 4.64. The fraction of sp³-hybridized carbons (Fsp3) is 0.682. The summed E-state index contributed by atoms with van der Waals surface area (Å²) in [6.07, 6.45) is 17.2. The molecule has 1 aromatic rings. The van der Waals surface area contributed by atoms with Gasteiger partial charge in [-0.15, -0.1) is 0 Å². The van der Waals surface area contributed by atoms with E-state index in [0.29, 0.717) is 0 Å². The molecule has 1 aliphatic rings. The third kappa shape index (κ3) is 6.64. The molecule has 146 valence electrons. The van der Waals surface area contributed by atoms with Crippen LogP contribution >= 0.6 is 0 Å². The molecule has 4 N–H and O–H groups in total. The standard InChI is InChI=1S/C22H38N4/c1-3-4-5-6-10-13-21(26(2)24)22(23)20-15-14-19(17-25-20)16-18-11-8-7-9-12-18/h14-15,17-18H,3-13,16,23-24H2,1-2H3/b22-21-. The molecular formula is C22H38N4. The lowest BCUT2D eigenvalue weighted by molar-refractivity contribution is 0.356. The van der Waals surface area contributed by atoms with E-state index in [1.807, 2.05) is 13.2 Å². The molecular weight excluding hydrogens is 320 g/mol. The number of nitrogens with two attached hydrogens (primary N) is 2. The summed E-state index contributed by atoms with van der Waals surface area (Å²) in [7, 11) is 1.87. The maximum atomic E-state index is 6.41. The van der Waals surface area contributed by atoms with Crippen molar-refractivity contribution in [2.24, 2.45) is 17.5 Å². The molecule has 0 saturated heterocycles. The third-order valence-corrected chi connectivity index (χ3v) is 5.60. The smallest absolute Gasteiger partial charge is 0.0877 e. The summed E-state index contributed by atoms with van der Waals surface area (Å²) in [6, 6.07) is 4.26. The summed E-state index contributed by atoms with van der Waals surface area (Å²) in [6.45, 7) is 2.24. The largest absolute Gasteiger partial charge is 0.396 e. The Hall–Kier alpha value is -1.55. The Morgan fingerprint density at radius 1 is 1.12 bits per heavy atom. The highest BCUT2D eigenvalue weighted by Gasteiger charge is 2.15. The van der Waals surface area contributed by atoms with Crippen molar-refractivity contribution in [1.29, 1.82) is 0 Å². The molecule has 1 aromatic heterocycles. The zero-order valence-corrected chi connectivity index (χ0v) is 16.8. The van der Waals surface area contributed by atoms with Gasteiger partial charge in [-0.3, -0.25) is 4.98 Å². The van der Waals surface area contributed by atoms with Crippen molar-refractivity contribution in [3.8, 4) is 0 Å². The first-order valence-corrected chi connectivity index (χ1v) is 10.5. The lowest BCUT2D eigenvalue weighted by Crippen LogP contribution is -2.28. The summed E-state index contributed by atoms with van der Waals surface area (Å²) < 4.78 is 0. The fourth-order valence-corrected chi connectivity index (χ4v) is 3.97. The van der Waals surface area contributed by atoms with Crippen LogP contribution in [0.5, 0.6) is 0 Å². The van der Waals surface area contributed by atoms with Gasteiger partial charge in [-0.2, -0.15) is 0 Å². The van der Waals surface area contributed by atoms with Crippen LogP contribution in [0.3, 0.4) is 0 Å². The minimum absolute atomic E-state index is 0.717. The van der Waals surface area contributed by atoms with Gasteiger partial charge in [0.1, 0.15) is 0 Å². The van der Waals surface area contributed by atoms with E-state index in [4.69, 9.17) is 11.6 Å². The summed E-state index contributed by atoms with van der Waals surface area (Å²) >= 11 is 0. The second-order valence-electron chi connectivity index (χ2n) is 7.90. The first-order valence-electron chi connectivity index (χ1n) is 10.5. The molecule has 0 aromatic carbocycles. The molecule has 0 bridgehead atoms. The Morgan fingerprint density at radius 2 is 1.85 bits per heavy atom. The van der Waals surface area contributed by atoms with E-state index in [0.717, 1.165) is 42.3 Å². The predicted octanol–water partition coefficient (Wildman–Crippen LogP) is 5.00. The van der Waals surface area contributed by atoms with E-state index in [9.17, 15) is 0 Å². The molecule has 1 saturated carbocycles. The van der Waals surface area contributed by atoms with Crippen LogP contribution in [0.2, 0.25) is 0 Å². The van der Waals surface area contributed by atoms with Gasteiger partial charge in [-0.1, -0.05) is 70.8 Å². The normalized spacial score (nSPS) is 16.4. The van der Waals surface area contributed by atoms with E-state index < -0.39 is 0 Å². The quantitative estimate of drug-likeness (QED) is 0.351. The van der Waals surface area contributed by atoms with Gasteiger partial charge < -0.3 is 10.7 Å². The Kier molecular flexibility index (Phi) is 8.96. The number of unbranched alkanes of at least 4 members (excludes halogenated alkanes) is 4. The summed E-state index contributed by atoms with van der Waals surface area (Å²) in [5.74, 6) is 6.87. The average molecular weight is 359 g/mol. The second-order valence-corrected chi connectivity index (χ2v) is 7.90. The minimum Gasteiger partial charge on any atom is -0.396 e. The fourth-order valence-electron chi connectivity index (χ4n) is 3.97. The zero-order chi connectivity index (χ0) is 18.8. The van der Waals surface area contributed by atoms with Crippen molar-refractivity contribution < 1.29 is 0 Å². The van der Waals surface area contributed by atoms with Gasteiger partial charge >= 0.3 is 0 Å². The average Bonchev–Trinajstić information content (AvgIpc) is 2.65. The van der Waals surface area contributed by atoms with Gasteiger partial charge in [0.2, 0.25) is 0 Å². The maximum absolute atomic E-state index is 6.41. The van der Waals surface area contributed by atoms with Crippen LogP contribution in [0.1, 0.15) is 88.8 Å². The van der Waals surface area contributed by atoms with Crippen LogP contribution in [-0.4, -0.2) is 17.0 Å². The van der Waals surface area contributed by atoms with Gasteiger partial charge in [-0.05, 0) is 36.8 Å². The predicted molar refractivity (Wildman–Crippen MR) is 111 cm³/mol. The Labute approximate surface area is 160 Å². The number of aromatic nitrogens is 1. The van der Waals surface area contributed by atoms with Crippen LogP contribution in [0, 0.1) is 5.92 Å². The molecule has 4 nitrogen and oxygen atoms in total. The van der Waals surface area contributed by atoms with Crippen LogP contribution in [-0.2, 0) is 6.42 Å². The maximum Gasteiger partial charge on any atom is 0.0877 e. The SMILES string of the molecule is CCCCCCC/C(=C(/N)c1ccc(CC2CCCCC2)cn1)N(C)N. The molecule has 0 radical (unpaired) electrons. The Balaban J connectivity index is 1.97. The molecule has 1 heterocycles. The molecule has 0 spiro atoms. The van der Waals surface area contributed by atoms with Gasteiger partial charge in [-0.25, -0.2) is 5.84 Å². The van der Waals surface area contributed by atoms with Crippen molar-refractivity contribution in [2.45, 2.75) is 84.0 Å². The number of hydrazine groups is 1. The molecule has 0 aliphatic heterocycles. The molecule has 1 aliphatic carbocycles. The first-order chi connectivity index (χ1) is 12.6. The van der Waals surface area contributed by atoms with Crippen LogP contribution in [0.4, 0.5) is 0 Å². The van der Waals surface area contributed by atoms with E-state index in [2.05, 4.69) is 24.0 Å². The number of nitrogens with zero attached hydrogens (tertiary/aromatic N) is 2. The molecule has 0 atom stereocenters. The third-order valence-electron chi connectivity index (χ3n) is 5.60. The topological polar surface area (TPSA) is 68.2 Å². The highest BCUT2D eigenvalue weighted by molar-refractivity contribution is 5.62. The van der Waals surface area contributed by atoms with Gasteiger partial charge in [0.25, 0.3) is 0 Å². The highest BCUT2D eigenvalue weighted by Crippen LogP contribution is 2.27. The highest BCUT2D eigenvalue weighted by atomic mass is 15.4. The van der Waals surface area contributed by atoms with E-state index in [-0.39, 0.29) is 0 Å².